The second-order valence-corrected chi connectivity index (χ2v) is 4.62. The van der Waals surface area contributed by atoms with E-state index in [4.69, 9.17) is 11.6 Å². The third-order valence-electron chi connectivity index (χ3n) is 2.77. The highest BCUT2D eigenvalue weighted by Crippen LogP contribution is 2.27. The van der Waals surface area contributed by atoms with Gasteiger partial charge in [-0.15, -0.1) is 0 Å². The number of nitro groups is 1. The topological polar surface area (TPSA) is 94.2 Å². The van der Waals surface area contributed by atoms with Gasteiger partial charge >= 0.3 is 0 Å². The van der Waals surface area contributed by atoms with Gasteiger partial charge in [0, 0.05) is 25.0 Å². The molecule has 0 saturated carbocycles. The molecule has 0 unspecified atom stereocenters. The lowest BCUT2D eigenvalue weighted by molar-refractivity contribution is -0.384. The molecule has 8 heteroatoms. The summed E-state index contributed by atoms with van der Waals surface area (Å²) in [5.41, 5.74) is -0.659. The van der Waals surface area contributed by atoms with Crippen molar-refractivity contribution in [2.45, 2.75) is 0 Å². The molecule has 1 aromatic carbocycles. The van der Waals surface area contributed by atoms with Gasteiger partial charge in [-0.05, 0) is 24.3 Å². The monoisotopic (exact) mass is 307 g/mol. The summed E-state index contributed by atoms with van der Waals surface area (Å²) in [5.74, 6) is -0.646. The molecule has 0 spiro atoms. The molecule has 0 bridgehead atoms. The van der Waals surface area contributed by atoms with Crippen molar-refractivity contribution in [1.82, 2.24) is 4.57 Å². The number of carbonyl (C=O) groups is 1. The Hall–Kier alpha value is -2.67. The molecule has 1 amide bonds. The molecule has 0 atom stereocenters. The van der Waals surface area contributed by atoms with Gasteiger partial charge in [0.25, 0.3) is 17.2 Å². The number of benzene rings is 1. The van der Waals surface area contributed by atoms with Crippen molar-refractivity contribution in [1.29, 1.82) is 0 Å². The molecule has 2 aromatic rings. The first kappa shape index (κ1) is 14.7. The lowest BCUT2D eigenvalue weighted by Gasteiger charge is -2.06. The molecule has 1 aromatic heterocycles. The molecule has 0 aliphatic heterocycles. The van der Waals surface area contributed by atoms with Crippen LogP contribution in [0.3, 0.4) is 0 Å². The summed E-state index contributed by atoms with van der Waals surface area (Å²) in [6.45, 7) is 0. The van der Waals surface area contributed by atoms with Crippen LogP contribution in [0.2, 0.25) is 5.02 Å². The lowest BCUT2D eigenvalue weighted by atomic mass is 10.2. The fraction of sp³-hybridized carbons (Fsp3) is 0.0769. The van der Waals surface area contributed by atoms with Crippen LogP contribution < -0.4 is 10.9 Å². The van der Waals surface area contributed by atoms with Crippen LogP contribution in [0.25, 0.3) is 0 Å². The maximum absolute atomic E-state index is 12.0. The van der Waals surface area contributed by atoms with Crippen LogP contribution in [-0.2, 0) is 7.05 Å². The summed E-state index contributed by atoms with van der Waals surface area (Å²) in [7, 11) is 1.52. The Kier molecular flexibility index (Phi) is 4.04. The van der Waals surface area contributed by atoms with Gasteiger partial charge in [0.1, 0.15) is 10.6 Å². The van der Waals surface area contributed by atoms with E-state index in [1.807, 2.05) is 0 Å². The molecule has 0 aliphatic rings. The number of carbonyl (C=O) groups excluding carboxylic acids is 1. The molecule has 1 N–H and O–H groups in total. The highest BCUT2D eigenvalue weighted by Gasteiger charge is 2.16. The van der Waals surface area contributed by atoms with E-state index in [1.54, 1.807) is 6.07 Å². The number of hydrogen-bond acceptors (Lipinski definition) is 4. The average molecular weight is 308 g/mol. The van der Waals surface area contributed by atoms with Crippen LogP contribution in [0.4, 0.5) is 11.4 Å². The van der Waals surface area contributed by atoms with Crippen LogP contribution in [0.5, 0.6) is 0 Å². The number of anilines is 1. The lowest BCUT2D eigenvalue weighted by Crippen LogP contribution is -2.27. The van der Waals surface area contributed by atoms with E-state index in [0.717, 1.165) is 6.07 Å². The Labute approximate surface area is 123 Å². The Morgan fingerprint density at radius 2 is 2.10 bits per heavy atom. The first-order valence-corrected chi connectivity index (χ1v) is 6.19. The van der Waals surface area contributed by atoms with Crippen molar-refractivity contribution in [2.75, 3.05) is 5.32 Å². The number of pyridine rings is 1. The van der Waals surface area contributed by atoms with Crippen molar-refractivity contribution < 1.29 is 9.72 Å². The van der Waals surface area contributed by atoms with Crippen molar-refractivity contribution in [2.24, 2.45) is 7.05 Å². The van der Waals surface area contributed by atoms with E-state index in [2.05, 4.69) is 5.32 Å². The van der Waals surface area contributed by atoms with E-state index in [9.17, 15) is 19.7 Å². The average Bonchev–Trinajstić information content (AvgIpc) is 2.43. The van der Waals surface area contributed by atoms with Crippen LogP contribution >= 0.6 is 11.6 Å². The number of aromatic nitrogens is 1. The molecule has 1 heterocycles. The van der Waals surface area contributed by atoms with E-state index in [0.29, 0.717) is 0 Å². The molecule has 0 aliphatic carbocycles. The molecular formula is C13H10ClN3O4. The number of nitrogens with one attached hydrogen (secondary N) is 1. The summed E-state index contributed by atoms with van der Waals surface area (Å²) in [6, 6.07) is 6.79. The summed E-state index contributed by atoms with van der Waals surface area (Å²) in [4.78, 5) is 34.0. The molecule has 108 valence electrons. The number of rotatable bonds is 3. The molecule has 0 fully saturated rings. The Morgan fingerprint density at radius 3 is 2.76 bits per heavy atom. The van der Waals surface area contributed by atoms with Crippen LogP contribution in [-0.4, -0.2) is 15.4 Å². The third kappa shape index (κ3) is 3.09. The molecule has 0 saturated heterocycles. The number of hydrogen-bond donors (Lipinski definition) is 1. The van der Waals surface area contributed by atoms with Crippen LogP contribution in [0, 0.1) is 10.1 Å². The zero-order chi connectivity index (χ0) is 15.6. The minimum atomic E-state index is -0.653. The minimum Gasteiger partial charge on any atom is -0.322 e. The number of aryl methyl sites for hydroxylation is 1. The Balaban J connectivity index is 2.32. The first-order valence-electron chi connectivity index (χ1n) is 5.81. The smallest absolute Gasteiger partial charge is 0.289 e. The fourth-order valence-corrected chi connectivity index (χ4v) is 1.89. The Morgan fingerprint density at radius 1 is 1.38 bits per heavy atom. The SMILES string of the molecule is Cn1cccc(C(=O)Nc2ccc(Cl)c([N+](=O)[O-])c2)c1=O. The van der Waals surface area contributed by atoms with Gasteiger partial charge < -0.3 is 9.88 Å². The molecule has 0 radical (unpaired) electrons. The van der Waals surface area contributed by atoms with Crippen LogP contribution in [0.1, 0.15) is 10.4 Å². The summed E-state index contributed by atoms with van der Waals surface area (Å²) in [5, 5.41) is 13.2. The predicted octanol–water partition coefficient (Wildman–Crippen LogP) is 2.20. The van der Waals surface area contributed by atoms with Gasteiger partial charge in [-0.25, -0.2) is 0 Å². The van der Waals surface area contributed by atoms with Crippen molar-refractivity contribution >= 4 is 28.9 Å². The van der Waals surface area contributed by atoms with Crippen molar-refractivity contribution in [3.05, 3.63) is 67.6 Å². The normalized spacial score (nSPS) is 10.2. The van der Waals surface area contributed by atoms with Crippen molar-refractivity contribution in [3.8, 4) is 0 Å². The quantitative estimate of drug-likeness (QED) is 0.694. The van der Waals surface area contributed by atoms with E-state index in [-0.39, 0.29) is 22.0 Å². The van der Waals surface area contributed by atoms with Gasteiger partial charge in [-0.3, -0.25) is 19.7 Å². The fourth-order valence-electron chi connectivity index (χ4n) is 1.70. The maximum atomic E-state index is 12.0. The van der Waals surface area contributed by atoms with E-state index < -0.39 is 16.4 Å². The number of nitrogens with zero attached hydrogens (tertiary/aromatic N) is 2. The number of amides is 1. The van der Waals surface area contributed by atoms with E-state index >= 15 is 0 Å². The summed E-state index contributed by atoms with van der Waals surface area (Å²) < 4.78 is 1.26. The number of nitro benzene ring substituents is 1. The van der Waals surface area contributed by atoms with Gasteiger partial charge in [-0.1, -0.05) is 11.6 Å². The van der Waals surface area contributed by atoms with Gasteiger partial charge in [0.05, 0.1) is 4.92 Å². The third-order valence-corrected chi connectivity index (χ3v) is 3.09. The van der Waals surface area contributed by atoms with Crippen molar-refractivity contribution in [3.63, 3.8) is 0 Å². The zero-order valence-electron chi connectivity index (χ0n) is 10.9. The highest BCUT2D eigenvalue weighted by atomic mass is 35.5. The standard InChI is InChI=1S/C13H10ClN3O4/c1-16-6-2-3-9(13(16)19)12(18)15-8-4-5-10(14)11(7-8)17(20)21/h2-7H,1H3,(H,15,18). The maximum Gasteiger partial charge on any atom is 0.289 e. The molecule has 21 heavy (non-hydrogen) atoms. The van der Waals surface area contributed by atoms with Gasteiger partial charge in [0.15, 0.2) is 0 Å². The first-order chi connectivity index (χ1) is 9.90. The zero-order valence-corrected chi connectivity index (χ0v) is 11.6. The Bertz CT molecular complexity index is 785. The summed E-state index contributed by atoms with van der Waals surface area (Å²) >= 11 is 5.68. The second kappa shape index (κ2) is 5.76. The predicted molar refractivity (Wildman–Crippen MR) is 77.7 cm³/mol. The largest absolute Gasteiger partial charge is 0.322 e. The molecule has 7 nitrogen and oxygen atoms in total. The number of halogens is 1. The highest BCUT2D eigenvalue weighted by molar-refractivity contribution is 6.32. The molecular weight excluding hydrogens is 298 g/mol. The van der Waals surface area contributed by atoms with Gasteiger partial charge in [0.2, 0.25) is 0 Å². The van der Waals surface area contributed by atoms with Crippen LogP contribution in [0.15, 0.2) is 41.3 Å². The van der Waals surface area contributed by atoms with Gasteiger partial charge in [-0.2, -0.15) is 0 Å². The summed E-state index contributed by atoms with van der Waals surface area (Å²) in [6.07, 6.45) is 1.52. The minimum absolute atomic E-state index is 0.0337. The van der Waals surface area contributed by atoms with E-state index in [1.165, 1.54) is 36.0 Å². The second-order valence-electron chi connectivity index (χ2n) is 4.22. The molecule has 2 rings (SSSR count).